The number of anilines is 1. The molecule has 1 aliphatic rings. The van der Waals surface area contributed by atoms with Gasteiger partial charge in [-0.25, -0.2) is 12.7 Å². The van der Waals surface area contributed by atoms with Crippen molar-refractivity contribution in [1.82, 2.24) is 5.32 Å². The summed E-state index contributed by atoms with van der Waals surface area (Å²) in [7, 11) is -4.09. The van der Waals surface area contributed by atoms with Gasteiger partial charge in [0.2, 0.25) is 0 Å². The first-order valence-electron chi connectivity index (χ1n) is 13.5. The Morgan fingerprint density at radius 3 is 1.95 bits per heavy atom. The number of phenols is 1. The lowest BCUT2D eigenvalue weighted by Gasteiger charge is -2.35. The van der Waals surface area contributed by atoms with Crippen molar-refractivity contribution in [2.75, 3.05) is 4.31 Å². The maximum Gasteiger partial charge on any atom is 0.269 e. The van der Waals surface area contributed by atoms with Crippen LogP contribution in [0.3, 0.4) is 0 Å². The van der Waals surface area contributed by atoms with E-state index in [1.165, 1.54) is 16.4 Å². The van der Waals surface area contributed by atoms with Gasteiger partial charge >= 0.3 is 0 Å². The number of nitrogens with zero attached hydrogens (tertiary/aromatic N) is 1. The smallest absolute Gasteiger partial charge is 0.269 e. The molecule has 1 amide bonds. The van der Waals surface area contributed by atoms with Crippen molar-refractivity contribution in [1.29, 1.82) is 0 Å². The van der Waals surface area contributed by atoms with Crippen molar-refractivity contribution in [3.05, 3.63) is 161 Å². The lowest BCUT2D eigenvalue weighted by atomic mass is 9.91. The number of carbonyl (C=O) groups is 1. The van der Waals surface area contributed by atoms with Crippen LogP contribution in [0, 0.1) is 0 Å². The molecule has 1 unspecified atom stereocenters. The Bertz CT molecular complexity index is 1910. The van der Waals surface area contributed by atoms with E-state index >= 15 is 0 Å². The Labute approximate surface area is 245 Å². The van der Waals surface area contributed by atoms with Gasteiger partial charge in [-0.1, -0.05) is 103 Å². The number of benzene rings is 5. The van der Waals surface area contributed by atoms with E-state index in [9.17, 15) is 18.3 Å². The number of aromatic hydroxyl groups is 1. The quantitative estimate of drug-likeness (QED) is 0.229. The van der Waals surface area contributed by atoms with Gasteiger partial charge in [0.05, 0.1) is 27.9 Å². The molecule has 42 heavy (non-hydrogen) atoms. The SMILES string of the molecule is CC(NC(=O)c1ccccc1O)c1ccc2c(c1)S(=O)(=O)N(c1ccccc1)C(c1ccccc1)=C2c1ccccc1. The Morgan fingerprint density at radius 2 is 1.31 bits per heavy atom. The summed E-state index contributed by atoms with van der Waals surface area (Å²) in [5, 5.41) is 13.0. The van der Waals surface area contributed by atoms with Crippen LogP contribution in [0.15, 0.2) is 138 Å². The van der Waals surface area contributed by atoms with E-state index in [0.717, 1.165) is 16.7 Å². The number of sulfonamides is 1. The molecule has 2 N–H and O–H groups in total. The van der Waals surface area contributed by atoms with E-state index < -0.39 is 22.0 Å². The molecule has 1 aliphatic heterocycles. The lowest BCUT2D eigenvalue weighted by molar-refractivity contribution is 0.0937. The number of carbonyl (C=O) groups excluding carboxylic acids is 1. The third-order valence-corrected chi connectivity index (χ3v) is 9.10. The fraction of sp³-hybridized carbons (Fsp3) is 0.0571. The monoisotopic (exact) mass is 572 g/mol. The Hall–Kier alpha value is -5.14. The molecule has 0 fully saturated rings. The summed E-state index contributed by atoms with van der Waals surface area (Å²) < 4.78 is 30.6. The fourth-order valence-electron chi connectivity index (χ4n) is 5.29. The highest BCUT2D eigenvalue weighted by molar-refractivity contribution is 7.93. The molecule has 0 saturated heterocycles. The van der Waals surface area contributed by atoms with Gasteiger partial charge in [0.15, 0.2) is 0 Å². The van der Waals surface area contributed by atoms with E-state index in [1.807, 2.05) is 91.0 Å². The van der Waals surface area contributed by atoms with E-state index in [2.05, 4.69) is 5.32 Å². The standard InChI is InChI=1S/C35H28N2O4S/c1-24(36-35(39)29-19-11-12-20-31(29)38)27-21-22-30-32(23-27)42(40,41)37(28-17-9-4-10-18-28)34(26-15-7-3-8-16-26)33(30)25-13-5-2-6-14-25/h2-24,38H,1H3,(H,36,39). The molecule has 0 aromatic heterocycles. The number of rotatable bonds is 6. The maximum absolute atomic E-state index is 14.6. The zero-order valence-electron chi connectivity index (χ0n) is 22.8. The van der Waals surface area contributed by atoms with Crippen molar-refractivity contribution in [2.24, 2.45) is 0 Å². The van der Waals surface area contributed by atoms with Crippen molar-refractivity contribution >= 4 is 32.9 Å². The van der Waals surface area contributed by atoms with Crippen LogP contribution in [0.25, 0.3) is 11.3 Å². The van der Waals surface area contributed by atoms with Crippen LogP contribution in [-0.2, 0) is 10.0 Å². The molecule has 208 valence electrons. The van der Waals surface area contributed by atoms with Gasteiger partial charge in [0, 0.05) is 11.1 Å². The first kappa shape index (κ1) is 27.1. The number of hydrogen-bond acceptors (Lipinski definition) is 4. The zero-order valence-corrected chi connectivity index (χ0v) is 23.6. The second-order valence-electron chi connectivity index (χ2n) is 10.0. The molecule has 5 aromatic rings. The second kappa shape index (κ2) is 11.0. The molecule has 5 aromatic carbocycles. The largest absolute Gasteiger partial charge is 0.507 e. The molecular formula is C35H28N2O4S. The van der Waals surface area contributed by atoms with Gasteiger partial charge in [-0.05, 0) is 53.9 Å². The normalized spacial score (nSPS) is 14.6. The number of para-hydroxylation sites is 2. The molecule has 7 heteroatoms. The minimum Gasteiger partial charge on any atom is -0.507 e. The number of nitrogens with one attached hydrogen (secondary N) is 1. The molecular weight excluding hydrogens is 544 g/mol. The Morgan fingerprint density at radius 1 is 0.738 bits per heavy atom. The molecule has 6 rings (SSSR count). The molecule has 0 saturated carbocycles. The highest BCUT2D eigenvalue weighted by atomic mass is 32.2. The molecule has 1 atom stereocenters. The average molecular weight is 573 g/mol. The maximum atomic E-state index is 14.6. The van der Waals surface area contributed by atoms with E-state index in [-0.39, 0.29) is 16.2 Å². The highest BCUT2D eigenvalue weighted by Crippen LogP contribution is 2.47. The third-order valence-electron chi connectivity index (χ3n) is 7.33. The van der Waals surface area contributed by atoms with Crippen LogP contribution in [0.1, 0.15) is 45.6 Å². The van der Waals surface area contributed by atoms with Crippen LogP contribution in [-0.4, -0.2) is 19.4 Å². The molecule has 0 radical (unpaired) electrons. The van der Waals surface area contributed by atoms with Gasteiger partial charge in [-0.15, -0.1) is 0 Å². The van der Waals surface area contributed by atoms with Crippen LogP contribution >= 0.6 is 0 Å². The molecule has 1 heterocycles. The van der Waals surface area contributed by atoms with Crippen molar-refractivity contribution in [3.8, 4) is 5.75 Å². The summed E-state index contributed by atoms with van der Waals surface area (Å²) in [5.74, 6) is -0.580. The summed E-state index contributed by atoms with van der Waals surface area (Å²) in [5.41, 5.74) is 4.85. The lowest BCUT2D eigenvalue weighted by Crippen LogP contribution is -2.35. The van der Waals surface area contributed by atoms with Crippen molar-refractivity contribution < 1.29 is 18.3 Å². The van der Waals surface area contributed by atoms with Gasteiger partial charge < -0.3 is 10.4 Å². The summed E-state index contributed by atoms with van der Waals surface area (Å²) >= 11 is 0. The average Bonchev–Trinajstić information content (AvgIpc) is 3.02. The van der Waals surface area contributed by atoms with Crippen molar-refractivity contribution in [3.63, 3.8) is 0 Å². The first-order chi connectivity index (χ1) is 20.4. The van der Waals surface area contributed by atoms with Gasteiger partial charge in [0.1, 0.15) is 5.75 Å². The summed E-state index contributed by atoms with van der Waals surface area (Å²) in [4.78, 5) is 13.1. The summed E-state index contributed by atoms with van der Waals surface area (Å²) in [6.07, 6.45) is 0. The predicted octanol–water partition coefficient (Wildman–Crippen LogP) is 7.01. The highest BCUT2D eigenvalue weighted by Gasteiger charge is 2.39. The summed E-state index contributed by atoms with van der Waals surface area (Å²) in [6.45, 7) is 1.79. The number of fused-ring (bicyclic) bond motifs is 1. The molecule has 6 nitrogen and oxygen atoms in total. The first-order valence-corrected chi connectivity index (χ1v) is 15.0. The van der Waals surface area contributed by atoms with Gasteiger partial charge in [0.25, 0.3) is 15.9 Å². The van der Waals surface area contributed by atoms with Gasteiger partial charge in [-0.3, -0.25) is 4.79 Å². The second-order valence-corrected chi connectivity index (χ2v) is 11.8. The fourth-order valence-corrected chi connectivity index (χ4v) is 7.05. The minimum atomic E-state index is -4.09. The predicted molar refractivity (Wildman–Crippen MR) is 165 cm³/mol. The van der Waals surface area contributed by atoms with Crippen molar-refractivity contribution in [2.45, 2.75) is 17.9 Å². The number of hydrogen-bond donors (Lipinski definition) is 2. The van der Waals surface area contributed by atoms with Crippen LogP contribution < -0.4 is 9.62 Å². The number of amides is 1. The third kappa shape index (κ3) is 4.84. The van der Waals surface area contributed by atoms with Crippen LogP contribution in [0.4, 0.5) is 5.69 Å². The number of phenolic OH excluding ortho intramolecular Hbond substituents is 1. The van der Waals surface area contributed by atoms with E-state index in [4.69, 9.17) is 0 Å². The Kier molecular flexibility index (Phi) is 7.10. The molecule has 0 bridgehead atoms. The van der Waals surface area contributed by atoms with Gasteiger partial charge in [-0.2, -0.15) is 0 Å². The molecule has 0 spiro atoms. The van der Waals surface area contributed by atoms with Crippen LogP contribution in [0.2, 0.25) is 0 Å². The minimum absolute atomic E-state index is 0.125. The van der Waals surface area contributed by atoms with E-state index in [1.54, 1.807) is 37.3 Å². The van der Waals surface area contributed by atoms with E-state index in [0.29, 0.717) is 22.5 Å². The molecule has 0 aliphatic carbocycles. The van der Waals surface area contributed by atoms with Crippen LogP contribution in [0.5, 0.6) is 5.75 Å². The Balaban J connectivity index is 1.56. The summed E-state index contributed by atoms with van der Waals surface area (Å²) in [6, 6.07) is 39.4. The zero-order chi connectivity index (χ0) is 29.3. The topological polar surface area (TPSA) is 86.7 Å².